The summed E-state index contributed by atoms with van der Waals surface area (Å²) in [6.07, 6.45) is 5.19. The molecule has 4 heteroatoms. The Morgan fingerprint density at radius 3 is 2.62 bits per heavy atom. The highest BCUT2D eigenvalue weighted by molar-refractivity contribution is 5.78. The van der Waals surface area contributed by atoms with Gasteiger partial charge in [0.15, 0.2) is 0 Å². The van der Waals surface area contributed by atoms with Gasteiger partial charge in [-0.15, -0.1) is 0 Å². The van der Waals surface area contributed by atoms with E-state index < -0.39 is 11.6 Å². The highest BCUT2D eigenvalue weighted by atomic mass is 19.1. The summed E-state index contributed by atoms with van der Waals surface area (Å²) in [6.45, 7) is 9.76. The molecule has 132 valence electrons. The number of hydrogen-bond donors (Lipinski definition) is 0. The Morgan fingerprint density at radius 1 is 1.38 bits per heavy atom. The molecule has 0 spiro atoms. The molecular weight excluding hydrogens is 308 g/mol. The van der Waals surface area contributed by atoms with Crippen molar-refractivity contribution in [1.29, 1.82) is 0 Å². The maximum Gasteiger partial charge on any atom is 0.223 e. The van der Waals surface area contributed by atoms with Gasteiger partial charge in [-0.1, -0.05) is 39.0 Å². The third kappa shape index (κ3) is 4.03. The molecule has 0 N–H and O–H groups in total. The Hall–Kier alpha value is -1.71. The first-order valence-electron chi connectivity index (χ1n) is 8.63. The molecule has 1 amide bonds. The number of hydrogen-bond acceptors (Lipinski definition) is 1. The molecule has 2 rings (SSSR count). The zero-order valence-electron chi connectivity index (χ0n) is 15.0. The average Bonchev–Trinajstić information content (AvgIpc) is 2.49. The average molecular weight is 335 g/mol. The van der Waals surface area contributed by atoms with Crippen LogP contribution in [0.1, 0.15) is 52.0 Å². The van der Waals surface area contributed by atoms with Gasteiger partial charge in [-0.05, 0) is 36.8 Å². The lowest BCUT2D eigenvalue weighted by Gasteiger charge is -2.40. The quantitative estimate of drug-likeness (QED) is 0.700. The van der Waals surface area contributed by atoms with Crippen molar-refractivity contribution in [3.63, 3.8) is 0 Å². The third-order valence-electron chi connectivity index (χ3n) is 5.32. The van der Waals surface area contributed by atoms with E-state index in [4.69, 9.17) is 0 Å². The van der Waals surface area contributed by atoms with Crippen molar-refractivity contribution < 1.29 is 13.6 Å². The van der Waals surface area contributed by atoms with E-state index in [2.05, 4.69) is 26.8 Å². The van der Waals surface area contributed by atoms with Gasteiger partial charge in [0.25, 0.3) is 0 Å². The Morgan fingerprint density at radius 2 is 2.08 bits per heavy atom. The summed E-state index contributed by atoms with van der Waals surface area (Å²) < 4.78 is 27.0. The van der Waals surface area contributed by atoms with Gasteiger partial charge >= 0.3 is 0 Å². The number of rotatable bonds is 5. The predicted molar refractivity (Wildman–Crippen MR) is 92.7 cm³/mol. The van der Waals surface area contributed by atoms with Gasteiger partial charge in [0.05, 0.1) is 0 Å². The van der Waals surface area contributed by atoms with Crippen LogP contribution in [-0.4, -0.2) is 23.9 Å². The van der Waals surface area contributed by atoms with E-state index in [1.54, 1.807) is 0 Å². The Labute approximate surface area is 143 Å². The third-order valence-corrected chi connectivity index (χ3v) is 5.32. The minimum atomic E-state index is -0.584. The summed E-state index contributed by atoms with van der Waals surface area (Å²) in [5.41, 5.74) is 0.378. The molecule has 0 bridgehead atoms. The van der Waals surface area contributed by atoms with Crippen molar-refractivity contribution >= 4 is 5.91 Å². The molecule has 0 aliphatic carbocycles. The maximum absolute atomic E-state index is 14.0. The molecule has 1 aliphatic rings. The molecule has 1 heterocycles. The van der Waals surface area contributed by atoms with Crippen LogP contribution in [0.3, 0.4) is 0 Å². The van der Waals surface area contributed by atoms with Crippen molar-refractivity contribution in [2.45, 2.75) is 46.5 Å². The highest BCUT2D eigenvalue weighted by Gasteiger charge is 2.34. The van der Waals surface area contributed by atoms with Crippen molar-refractivity contribution in [1.82, 2.24) is 4.90 Å². The molecule has 0 radical (unpaired) electrons. The second-order valence-corrected chi connectivity index (χ2v) is 7.33. The first kappa shape index (κ1) is 18.6. The minimum Gasteiger partial charge on any atom is -0.342 e. The summed E-state index contributed by atoms with van der Waals surface area (Å²) in [7, 11) is 0. The normalized spacial score (nSPS) is 21.5. The van der Waals surface area contributed by atoms with Crippen LogP contribution in [0.4, 0.5) is 8.78 Å². The number of benzene rings is 1. The topological polar surface area (TPSA) is 20.3 Å². The smallest absolute Gasteiger partial charge is 0.223 e. The standard InChI is InChI=1S/C20H27F2NO/c1-5-9-20(4,14(2)3)13-23-10-8-15(11-19(23)24)17-7-6-16(21)12-18(17)22/h5-7,9,12,14-15H,8,10-11,13H2,1-4H3/b9-5-/t15?,20-/m0/s1. The van der Waals surface area contributed by atoms with Gasteiger partial charge in [-0.25, -0.2) is 8.78 Å². The molecule has 1 saturated heterocycles. The van der Waals surface area contributed by atoms with Crippen molar-refractivity contribution in [2.24, 2.45) is 11.3 Å². The van der Waals surface area contributed by atoms with Gasteiger partial charge < -0.3 is 4.90 Å². The first-order valence-corrected chi connectivity index (χ1v) is 8.63. The maximum atomic E-state index is 14.0. The number of likely N-dealkylation sites (tertiary alicyclic amines) is 1. The van der Waals surface area contributed by atoms with E-state index in [0.29, 0.717) is 31.0 Å². The first-order chi connectivity index (χ1) is 11.3. The summed E-state index contributed by atoms with van der Waals surface area (Å²) in [5, 5.41) is 0. The van der Waals surface area contributed by atoms with Crippen LogP contribution in [0.15, 0.2) is 30.4 Å². The molecule has 2 atom stereocenters. The van der Waals surface area contributed by atoms with E-state index in [1.165, 1.54) is 12.1 Å². The molecule has 0 aromatic heterocycles. The zero-order chi connectivity index (χ0) is 17.9. The molecule has 24 heavy (non-hydrogen) atoms. The number of allylic oxidation sites excluding steroid dienone is 1. The Balaban J connectivity index is 2.09. The monoisotopic (exact) mass is 335 g/mol. The summed E-state index contributed by atoms with van der Waals surface area (Å²) in [6, 6.07) is 3.63. The molecule has 1 aromatic carbocycles. The van der Waals surface area contributed by atoms with Gasteiger partial charge in [0, 0.05) is 31.0 Å². The second kappa shape index (κ2) is 7.45. The van der Waals surface area contributed by atoms with Crippen LogP contribution < -0.4 is 0 Å². The minimum absolute atomic E-state index is 0.0475. The lowest BCUT2D eigenvalue weighted by molar-refractivity contribution is -0.135. The fourth-order valence-electron chi connectivity index (χ4n) is 3.36. The number of halogens is 2. The van der Waals surface area contributed by atoms with E-state index in [0.717, 1.165) is 6.07 Å². The second-order valence-electron chi connectivity index (χ2n) is 7.33. The van der Waals surface area contributed by atoms with E-state index >= 15 is 0 Å². The van der Waals surface area contributed by atoms with Crippen LogP contribution in [0, 0.1) is 23.0 Å². The van der Waals surface area contributed by atoms with Crippen LogP contribution >= 0.6 is 0 Å². The number of nitrogens with zero attached hydrogens (tertiary/aromatic N) is 1. The summed E-state index contributed by atoms with van der Waals surface area (Å²) in [4.78, 5) is 14.5. The van der Waals surface area contributed by atoms with Crippen LogP contribution in [0.25, 0.3) is 0 Å². The van der Waals surface area contributed by atoms with Gasteiger partial charge in [-0.3, -0.25) is 4.79 Å². The molecule has 2 nitrogen and oxygen atoms in total. The lowest BCUT2D eigenvalue weighted by atomic mass is 9.77. The van der Waals surface area contributed by atoms with Crippen LogP contribution in [0.2, 0.25) is 0 Å². The number of amides is 1. The Bertz CT molecular complexity index is 626. The van der Waals surface area contributed by atoms with Crippen molar-refractivity contribution in [2.75, 3.05) is 13.1 Å². The van der Waals surface area contributed by atoms with Crippen molar-refractivity contribution in [3.05, 3.63) is 47.5 Å². The molecule has 1 fully saturated rings. The van der Waals surface area contributed by atoms with E-state index in [-0.39, 0.29) is 23.7 Å². The zero-order valence-corrected chi connectivity index (χ0v) is 15.0. The lowest BCUT2D eigenvalue weighted by Crippen LogP contribution is -2.45. The van der Waals surface area contributed by atoms with Gasteiger partial charge in [0.2, 0.25) is 5.91 Å². The molecule has 1 aliphatic heterocycles. The molecular formula is C20H27F2NO. The fourth-order valence-corrected chi connectivity index (χ4v) is 3.36. The molecule has 1 aromatic rings. The largest absolute Gasteiger partial charge is 0.342 e. The highest BCUT2D eigenvalue weighted by Crippen LogP contribution is 2.35. The summed E-state index contributed by atoms with van der Waals surface area (Å²) >= 11 is 0. The molecule has 1 unspecified atom stereocenters. The SMILES string of the molecule is C/C=C\[C@@](C)(CN1CCC(c2ccc(F)cc2F)CC1=O)C(C)C. The fraction of sp³-hybridized carbons (Fsp3) is 0.550. The number of piperidine rings is 1. The van der Waals surface area contributed by atoms with E-state index in [9.17, 15) is 13.6 Å². The predicted octanol–water partition coefficient (Wildman–Crippen LogP) is 4.91. The summed E-state index contributed by atoms with van der Waals surface area (Å²) in [5.74, 6) is -0.845. The molecule has 0 saturated carbocycles. The Kier molecular flexibility index (Phi) is 5.79. The number of carbonyl (C=O) groups excluding carboxylic acids is 1. The van der Waals surface area contributed by atoms with Crippen LogP contribution in [-0.2, 0) is 4.79 Å². The van der Waals surface area contributed by atoms with Gasteiger partial charge in [0.1, 0.15) is 11.6 Å². The van der Waals surface area contributed by atoms with E-state index in [1.807, 2.05) is 17.9 Å². The number of carbonyl (C=O) groups is 1. The van der Waals surface area contributed by atoms with Gasteiger partial charge in [-0.2, -0.15) is 0 Å². The van der Waals surface area contributed by atoms with Crippen molar-refractivity contribution in [3.8, 4) is 0 Å². The van der Waals surface area contributed by atoms with Crippen LogP contribution in [0.5, 0.6) is 0 Å².